The Morgan fingerprint density at radius 1 is 1.06 bits per heavy atom. The lowest BCUT2D eigenvalue weighted by Crippen LogP contribution is -2.43. The zero-order valence-electron chi connectivity index (χ0n) is 29.5. The number of amides is 3. The van der Waals surface area contributed by atoms with Crippen LogP contribution >= 0.6 is 0 Å². The van der Waals surface area contributed by atoms with Gasteiger partial charge in [-0.1, -0.05) is 18.2 Å². The number of anilines is 1. The van der Waals surface area contributed by atoms with E-state index in [4.69, 9.17) is 14.7 Å². The minimum absolute atomic E-state index is 0.0973. The first-order valence-electron chi connectivity index (χ1n) is 17.3. The molecular formula is C36H42FN11O4. The van der Waals surface area contributed by atoms with Crippen molar-refractivity contribution >= 4 is 28.9 Å². The molecule has 3 amide bonds. The zero-order valence-corrected chi connectivity index (χ0v) is 29.5. The number of rotatable bonds is 10. The number of halogens is 1. The lowest BCUT2D eigenvalue weighted by Gasteiger charge is -2.29. The van der Waals surface area contributed by atoms with Crippen LogP contribution in [-0.2, 0) is 16.6 Å². The van der Waals surface area contributed by atoms with E-state index in [-0.39, 0.29) is 17.8 Å². The van der Waals surface area contributed by atoms with Gasteiger partial charge in [0.25, 0.3) is 5.91 Å². The molecular weight excluding hydrogens is 669 g/mol. The molecule has 0 saturated carbocycles. The van der Waals surface area contributed by atoms with Gasteiger partial charge in [0.2, 0.25) is 11.8 Å². The largest absolute Gasteiger partial charge is 0.383 e. The van der Waals surface area contributed by atoms with Crippen LogP contribution in [0.4, 0.5) is 15.0 Å². The number of urea groups is 1. The van der Waals surface area contributed by atoms with Crippen molar-refractivity contribution in [3.8, 4) is 16.9 Å². The van der Waals surface area contributed by atoms with Crippen LogP contribution < -0.4 is 16.0 Å². The van der Waals surface area contributed by atoms with Crippen LogP contribution in [0.25, 0.3) is 28.1 Å². The summed E-state index contributed by atoms with van der Waals surface area (Å²) >= 11 is 0. The summed E-state index contributed by atoms with van der Waals surface area (Å²) in [7, 11) is 5.46. The number of nitrogens with zero attached hydrogens (tertiary/aromatic N) is 8. The molecule has 2 fully saturated rings. The van der Waals surface area contributed by atoms with Crippen molar-refractivity contribution in [2.24, 2.45) is 7.05 Å². The second-order valence-electron chi connectivity index (χ2n) is 13.2. The summed E-state index contributed by atoms with van der Waals surface area (Å²) in [4.78, 5) is 48.4. The monoisotopic (exact) mass is 711 g/mol. The standard InChI is InChI=1S/C36H42FN11O4/c1-22-30(24-18-27-33(39-20-24)46(3)34(41-27)35(49)40-25-11-14-45(2)15-12-25)44-48(26-8-6-5-7-9-26)32(22)43-36(50)42-28-21-47(16-17-51-4)52-31(28)23-10-13-38-29(37)19-23/h5-10,13,18-20,25,28,31H,11-12,14-17,21H2,1-4H3,(H,40,49)(H2,42,43,50)/t28-,31+/m1/s1. The fourth-order valence-electron chi connectivity index (χ4n) is 6.73. The number of aromatic nitrogens is 6. The average molecular weight is 712 g/mol. The number of methoxy groups -OCH3 is 1. The van der Waals surface area contributed by atoms with Crippen LogP contribution in [0.1, 0.15) is 40.7 Å². The summed E-state index contributed by atoms with van der Waals surface area (Å²) < 4.78 is 22.7. The Kier molecular flexibility index (Phi) is 10.2. The Labute approximate surface area is 300 Å². The van der Waals surface area contributed by atoms with E-state index in [1.165, 1.54) is 12.3 Å². The van der Waals surface area contributed by atoms with Gasteiger partial charge in [-0.25, -0.2) is 24.4 Å². The topological polar surface area (TPSA) is 157 Å². The van der Waals surface area contributed by atoms with Crippen LogP contribution in [0.15, 0.2) is 60.9 Å². The van der Waals surface area contributed by atoms with Gasteiger partial charge in [-0.15, -0.1) is 0 Å². The number of benzene rings is 1. The van der Waals surface area contributed by atoms with E-state index < -0.39 is 24.1 Å². The molecule has 16 heteroatoms. The predicted molar refractivity (Wildman–Crippen MR) is 191 cm³/mol. The van der Waals surface area contributed by atoms with Gasteiger partial charge >= 0.3 is 6.03 Å². The Morgan fingerprint density at radius 2 is 1.85 bits per heavy atom. The van der Waals surface area contributed by atoms with Crippen molar-refractivity contribution in [3.63, 3.8) is 0 Å². The fourth-order valence-corrected chi connectivity index (χ4v) is 6.73. The molecule has 3 N–H and O–H groups in total. The lowest BCUT2D eigenvalue weighted by molar-refractivity contribution is -0.154. The number of aryl methyl sites for hydroxylation is 1. The smallest absolute Gasteiger partial charge is 0.320 e. The van der Waals surface area contributed by atoms with Gasteiger partial charge in [-0.3, -0.25) is 14.9 Å². The maximum absolute atomic E-state index is 14.1. The van der Waals surface area contributed by atoms with E-state index >= 15 is 0 Å². The van der Waals surface area contributed by atoms with E-state index in [0.717, 1.165) is 31.6 Å². The summed E-state index contributed by atoms with van der Waals surface area (Å²) in [6, 6.07) is 13.4. The van der Waals surface area contributed by atoms with Crippen LogP contribution in [-0.4, -0.2) is 110 Å². The van der Waals surface area contributed by atoms with Crippen LogP contribution in [0.2, 0.25) is 0 Å². The van der Waals surface area contributed by atoms with Gasteiger partial charge in [0.15, 0.2) is 5.65 Å². The first kappa shape index (κ1) is 35.1. The molecule has 1 aromatic carbocycles. The highest BCUT2D eigenvalue weighted by molar-refractivity contribution is 5.95. The normalized spacial score (nSPS) is 18.6. The van der Waals surface area contributed by atoms with Crippen molar-refractivity contribution in [3.05, 3.63) is 83.8 Å². The quantitative estimate of drug-likeness (QED) is 0.183. The fraction of sp³-hybridized carbons (Fsp3) is 0.389. The van der Waals surface area contributed by atoms with Gasteiger partial charge < -0.3 is 24.8 Å². The molecule has 0 radical (unpaired) electrons. The molecule has 5 aromatic rings. The van der Waals surface area contributed by atoms with Gasteiger partial charge in [0.05, 0.1) is 24.0 Å². The molecule has 7 rings (SSSR count). The number of hydroxylamine groups is 2. The summed E-state index contributed by atoms with van der Waals surface area (Å²) in [5, 5.41) is 15.8. The number of nitrogens with one attached hydrogen (secondary N) is 3. The number of carbonyl (C=O) groups excluding carboxylic acids is 2. The van der Waals surface area contributed by atoms with E-state index in [2.05, 4.69) is 42.8 Å². The highest BCUT2D eigenvalue weighted by atomic mass is 19.1. The van der Waals surface area contributed by atoms with Crippen LogP contribution in [0, 0.1) is 12.9 Å². The maximum atomic E-state index is 14.1. The number of hydrogen-bond donors (Lipinski definition) is 3. The van der Waals surface area contributed by atoms with Crippen molar-refractivity contribution in [2.45, 2.75) is 38.0 Å². The second-order valence-corrected chi connectivity index (χ2v) is 13.2. The molecule has 4 aromatic heterocycles. The summed E-state index contributed by atoms with van der Waals surface area (Å²) in [5.41, 5.74) is 4.33. The molecule has 0 bridgehead atoms. The molecule has 2 aliphatic rings. The van der Waals surface area contributed by atoms with Gasteiger partial charge in [-0.2, -0.15) is 14.6 Å². The molecule has 0 spiro atoms. The lowest BCUT2D eigenvalue weighted by atomic mass is 10.0. The van der Waals surface area contributed by atoms with E-state index in [0.29, 0.717) is 59.1 Å². The number of piperidine rings is 1. The average Bonchev–Trinajstić information content (AvgIpc) is 3.81. The summed E-state index contributed by atoms with van der Waals surface area (Å²) in [6.45, 7) is 4.96. The molecule has 2 atom stereocenters. The minimum atomic E-state index is -0.650. The molecule has 2 saturated heterocycles. The third-order valence-corrected chi connectivity index (χ3v) is 9.56. The number of likely N-dealkylation sites (tertiary alicyclic amines) is 1. The summed E-state index contributed by atoms with van der Waals surface area (Å²) in [6.07, 6.45) is 4.19. The Hall–Kier alpha value is -5.29. The van der Waals surface area contributed by atoms with Crippen LogP contribution in [0.5, 0.6) is 0 Å². The number of ether oxygens (including phenoxy) is 1. The number of pyridine rings is 2. The number of hydrogen-bond acceptors (Lipinski definition) is 10. The Morgan fingerprint density at radius 3 is 2.60 bits per heavy atom. The number of para-hydroxylation sites is 1. The van der Waals surface area contributed by atoms with E-state index in [9.17, 15) is 14.0 Å². The first-order chi connectivity index (χ1) is 25.2. The maximum Gasteiger partial charge on any atom is 0.320 e. The minimum Gasteiger partial charge on any atom is -0.383 e. The first-order valence-corrected chi connectivity index (χ1v) is 17.3. The van der Waals surface area contributed by atoms with Gasteiger partial charge in [0.1, 0.15) is 17.4 Å². The molecule has 52 heavy (non-hydrogen) atoms. The molecule has 15 nitrogen and oxygen atoms in total. The van der Waals surface area contributed by atoms with Crippen molar-refractivity contribution in [1.82, 2.24) is 49.9 Å². The third-order valence-electron chi connectivity index (χ3n) is 9.56. The van der Waals surface area contributed by atoms with Gasteiger partial charge in [-0.05, 0) is 75.8 Å². The van der Waals surface area contributed by atoms with Crippen molar-refractivity contribution < 1.29 is 23.6 Å². The Balaban J connectivity index is 1.16. The molecule has 6 heterocycles. The highest BCUT2D eigenvalue weighted by Crippen LogP contribution is 2.33. The molecule has 2 aliphatic heterocycles. The van der Waals surface area contributed by atoms with Gasteiger partial charge in [0, 0.05) is 56.8 Å². The van der Waals surface area contributed by atoms with E-state index in [1.54, 1.807) is 40.7 Å². The van der Waals surface area contributed by atoms with Crippen molar-refractivity contribution in [2.75, 3.05) is 52.3 Å². The Bertz CT molecular complexity index is 2060. The van der Waals surface area contributed by atoms with Crippen LogP contribution in [0.3, 0.4) is 0 Å². The SMILES string of the molecule is COCCN1C[C@@H](NC(=O)Nc2c(C)c(-c3cnc4c(c3)nc(C(=O)NC3CCN(C)CC3)n4C)nn2-c2ccccc2)[C@H](c2ccnc(F)c2)O1. The number of fused-ring (bicyclic) bond motifs is 1. The predicted octanol–water partition coefficient (Wildman–Crippen LogP) is 3.61. The highest BCUT2D eigenvalue weighted by Gasteiger charge is 2.37. The third kappa shape index (κ3) is 7.36. The zero-order chi connectivity index (χ0) is 36.4. The molecule has 272 valence electrons. The second kappa shape index (κ2) is 15.1. The number of carbonyl (C=O) groups is 2. The number of imidazole rings is 1. The van der Waals surface area contributed by atoms with Crippen molar-refractivity contribution in [1.29, 1.82) is 0 Å². The van der Waals surface area contributed by atoms with E-state index in [1.807, 2.05) is 43.3 Å². The summed E-state index contributed by atoms with van der Waals surface area (Å²) in [5.74, 6) is -0.141. The molecule has 0 aliphatic carbocycles. The molecule has 0 unspecified atom stereocenters.